The SMILES string of the molecule is O=C(NCc1ccc2c(c1)OCO2)c1ccccc1CSc1nnc(-c2cccnc2)n1Cc1ccccc1. The van der Waals surface area contributed by atoms with Crippen molar-refractivity contribution < 1.29 is 14.3 Å². The van der Waals surface area contributed by atoms with Gasteiger partial charge in [-0.3, -0.25) is 14.3 Å². The number of aromatic nitrogens is 4. The molecule has 0 bridgehead atoms. The quantitative estimate of drug-likeness (QED) is 0.255. The maximum absolute atomic E-state index is 13.2. The van der Waals surface area contributed by atoms with Crippen molar-refractivity contribution in [3.05, 3.63) is 120 Å². The van der Waals surface area contributed by atoms with E-state index in [1.807, 2.05) is 72.8 Å². The van der Waals surface area contributed by atoms with Gasteiger partial charge in [0.15, 0.2) is 22.5 Å². The number of carbonyl (C=O) groups is 1. The zero-order valence-corrected chi connectivity index (χ0v) is 21.8. The molecule has 0 saturated heterocycles. The first-order valence-electron chi connectivity index (χ1n) is 12.5. The summed E-state index contributed by atoms with van der Waals surface area (Å²) in [5.74, 6) is 2.60. The summed E-state index contributed by atoms with van der Waals surface area (Å²) in [6.45, 7) is 1.23. The highest BCUT2D eigenvalue weighted by atomic mass is 32.2. The van der Waals surface area contributed by atoms with Gasteiger partial charge in [0, 0.05) is 35.8 Å². The lowest BCUT2D eigenvalue weighted by molar-refractivity contribution is 0.0950. The van der Waals surface area contributed by atoms with E-state index in [9.17, 15) is 4.79 Å². The number of rotatable bonds is 9. The second kappa shape index (κ2) is 11.4. The van der Waals surface area contributed by atoms with Gasteiger partial charge in [-0.2, -0.15) is 0 Å². The van der Waals surface area contributed by atoms with Crippen LogP contribution in [0.15, 0.2) is 102 Å². The molecule has 8 nitrogen and oxygen atoms in total. The molecule has 3 aromatic carbocycles. The lowest BCUT2D eigenvalue weighted by Crippen LogP contribution is -2.23. The number of pyridine rings is 1. The van der Waals surface area contributed by atoms with E-state index in [0.717, 1.165) is 39.0 Å². The van der Waals surface area contributed by atoms with Crippen LogP contribution in [0.3, 0.4) is 0 Å². The average Bonchev–Trinajstić information content (AvgIpc) is 3.62. The van der Waals surface area contributed by atoms with E-state index in [1.165, 1.54) is 0 Å². The third-order valence-electron chi connectivity index (χ3n) is 6.33. The van der Waals surface area contributed by atoms with E-state index >= 15 is 0 Å². The van der Waals surface area contributed by atoms with Crippen molar-refractivity contribution in [2.24, 2.45) is 0 Å². The van der Waals surface area contributed by atoms with Gasteiger partial charge in [-0.15, -0.1) is 10.2 Å². The summed E-state index contributed by atoms with van der Waals surface area (Å²) in [4.78, 5) is 17.4. The molecule has 2 aromatic heterocycles. The van der Waals surface area contributed by atoms with Gasteiger partial charge in [0.05, 0.1) is 6.54 Å². The summed E-state index contributed by atoms with van der Waals surface area (Å²) in [7, 11) is 0. The molecule has 1 amide bonds. The van der Waals surface area contributed by atoms with Gasteiger partial charge in [-0.25, -0.2) is 0 Å². The number of nitrogens with zero attached hydrogens (tertiary/aromatic N) is 4. The molecule has 0 fully saturated rings. The van der Waals surface area contributed by atoms with Crippen LogP contribution < -0.4 is 14.8 Å². The van der Waals surface area contributed by atoms with Gasteiger partial charge in [0.25, 0.3) is 5.91 Å². The third kappa shape index (κ3) is 5.63. The van der Waals surface area contributed by atoms with Gasteiger partial charge < -0.3 is 14.8 Å². The summed E-state index contributed by atoms with van der Waals surface area (Å²) in [6, 6.07) is 27.4. The van der Waals surface area contributed by atoms with Crippen molar-refractivity contribution in [3.8, 4) is 22.9 Å². The Labute approximate surface area is 230 Å². The van der Waals surface area contributed by atoms with Crippen molar-refractivity contribution in [1.29, 1.82) is 0 Å². The predicted octanol–water partition coefficient (Wildman–Crippen LogP) is 5.34. The number of hydrogen-bond acceptors (Lipinski definition) is 7. The van der Waals surface area contributed by atoms with E-state index < -0.39 is 0 Å². The minimum absolute atomic E-state index is 0.134. The van der Waals surface area contributed by atoms with Gasteiger partial charge in [-0.1, -0.05) is 66.4 Å². The molecule has 194 valence electrons. The van der Waals surface area contributed by atoms with Crippen LogP contribution >= 0.6 is 11.8 Å². The summed E-state index contributed by atoms with van der Waals surface area (Å²) in [5, 5.41) is 12.8. The lowest BCUT2D eigenvalue weighted by atomic mass is 10.1. The van der Waals surface area contributed by atoms with E-state index in [0.29, 0.717) is 30.2 Å². The first-order chi connectivity index (χ1) is 19.2. The second-order valence-corrected chi connectivity index (χ2v) is 9.88. The molecule has 0 spiro atoms. The van der Waals surface area contributed by atoms with Crippen LogP contribution in [-0.4, -0.2) is 32.4 Å². The van der Waals surface area contributed by atoms with E-state index in [2.05, 4.69) is 37.2 Å². The third-order valence-corrected chi connectivity index (χ3v) is 7.34. The monoisotopic (exact) mass is 535 g/mol. The number of carbonyl (C=O) groups excluding carboxylic acids is 1. The Morgan fingerprint density at radius 1 is 0.897 bits per heavy atom. The Bertz CT molecular complexity index is 1590. The van der Waals surface area contributed by atoms with Crippen molar-refractivity contribution in [1.82, 2.24) is 25.1 Å². The van der Waals surface area contributed by atoms with Crippen molar-refractivity contribution in [3.63, 3.8) is 0 Å². The van der Waals surface area contributed by atoms with Gasteiger partial charge in [0.2, 0.25) is 6.79 Å². The predicted molar refractivity (Wildman–Crippen MR) is 149 cm³/mol. The van der Waals surface area contributed by atoms with E-state index in [4.69, 9.17) is 9.47 Å². The Balaban J connectivity index is 1.19. The number of amides is 1. The van der Waals surface area contributed by atoms with Crippen LogP contribution in [0.4, 0.5) is 0 Å². The molecule has 0 unspecified atom stereocenters. The van der Waals surface area contributed by atoms with Gasteiger partial charge in [0.1, 0.15) is 0 Å². The molecule has 3 heterocycles. The fourth-order valence-electron chi connectivity index (χ4n) is 4.35. The van der Waals surface area contributed by atoms with Gasteiger partial charge in [-0.05, 0) is 47.0 Å². The minimum atomic E-state index is -0.134. The van der Waals surface area contributed by atoms with Crippen LogP contribution in [0, 0.1) is 0 Å². The first kappa shape index (κ1) is 24.7. The molecule has 0 aliphatic carbocycles. The zero-order valence-electron chi connectivity index (χ0n) is 21.0. The molecule has 9 heteroatoms. The lowest BCUT2D eigenvalue weighted by Gasteiger charge is -2.12. The van der Waals surface area contributed by atoms with Crippen LogP contribution in [0.2, 0.25) is 0 Å². The summed E-state index contributed by atoms with van der Waals surface area (Å²) < 4.78 is 12.9. The maximum atomic E-state index is 13.2. The Morgan fingerprint density at radius 3 is 2.62 bits per heavy atom. The van der Waals surface area contributed by atoms with Crippen molar-refractivity contribution in [2.45, 2.75) is 24.0 Å². The smallest absolute Gasteiger partial charge is 0.251 e. The minimum Gasteiger partial charge on any atom is -0.454 e. The summed E-state index contributed by atoms with van der Waals surface area (Å²) >= 11 is 1.55. The fraction of sp³-hybridized carbons (Fsp3) is 0.133. The molecule has 39 heavy (non-hydrogen) atoms. The normalized spacial score (nSPS) is 11.9. The van der Waals surface area contributed by atoms with E-state index in [1.54, 1.807) is 24.2 Å². The molecular weight excluding hydrogens is 510 g/mol. The highest BCUT2D eigenvalue weighted by Crippen LogP contribution is 2.32. The van der Waals surface area contributed by atoms with Crippen LogP contribution in [0.5, 0.6) is 11.5 Å². The van der Waals surface area contributed by atoms with Crippen LogP contribution in [-0.2, 0) is 18.8 Å². The standard InChI is InChI=1S/C30H25N5O3S/c36-29(32-16-22-12-13-26-27(15-22)38-20-37-26)25-11-5-4-9-24(25)19-39-30-34-33-28(23-10-6-14-31-17-23)35(30)18-21-7-2-1-3-8-21/h1-15,17H,16,18-20H2,(H,32,36). The number of fused-ring (bicyclic) bond motifs is 1. The summed E-state index contributed by atoms with van der Waals surface area (Å²) in [5.41, 5.74) is 4.54. The second-order valence-electron chi connectivity index (χ2n) is 8.94. The summed E-state index contributed by atoms with van der Waals surface area (Å²) in [6.07, 6.45) is 3.53. The largest absolute Gasteiger partial charge is 0.454 e. The highest BCUT2D eigenvalue weighted by molar-refractivity contribution is 7.98. The van der Waals surface area contributed by atoms with Crippen LogP contribution in [0.25, 0.3) is 11.4 Å². The first-order valence-corrected chi connectivity index (χ1v) is 13.5. The number of ether oxygens (including phenoxy) is 2. The molecule has 1 N–H and O–H groups in total. The Kier molecular flexibility index (Phi) is 7.22. The van der Waals surface area contributed by atoms with E-state index in [-0.39, 0.29) is 12.7 Å². The Morgan fingerprint density at radius 2 is 1.74 bits per heavy atom. The average molecular weight is 536 g/mol. The van der Waals surface area contributed by atoms with Crippen molar-refractivity contribution in [2.75, 3.05) is 6.79 Å². The molecule has 1 aliphatic rings. The maximum Gasteiger partial charge on any atom is 0.251 e. The molecule has 5 aromatic rings. The molecule has 6 rings (SSSR count). The number of hydrogen-bond donors (Lipinski definition) is 1. The van der Waals surface area contributed by atoms with Crippen molar-refractivity contribution >= 4 is 17.7 Å². The van der Waals surface area contributed by atoms with Crippen LogP contribution in [0.1, 0.15) is 27.0 Å². The molecule has 1 aliphatic heterocycles. The fourth-order valence-corrected chi connectivity index (χ4v) is 5.29. The molecular formula is C30H25N5O3S. The number of thioether (sulfide) groups is 1. The molecule has 0 radical (unpaired) electrons. The molecule has 0 saturated carbocycles. The Hall–Kier alpha value is -4.63. The molecule has 0 atom stereocenters. The highest BCUT2D eigenvalue weighted by Gasteiger charge is 2.18. The topological polar surface area (TPSA) is 91.2 Å². The number of nitrogens with one attached hydrogen (secondary N) is 1. The van der Waals surface area contributed by atoms with Gasteiger partial charge >= 0.3 is 0 Å². The zero-order chi connectivity index (χ0) is 26.4. The number of benzene rings is 3.